The fourth-order valence-electron chi connectivity index (χ4n) is 1.35. The number of nitrogens with two attached hydrogens (primary N) is 1. The average Bonchev–Trinajstić information content (AvgIpc) is 2.28. The summed E-state index contributed by atoms with van der Waals surface area (Å²) in [5.41, 5.74) is 5.66. The Morgan fingerprint density at radius 3 is 2.83 bits per heavy atom. The van der Waals surface area contributed by atoms with Crippen molar-refractivity contribution in [3.05, 3.63) is 24.0 Å². The highest BCUT2D eigenvalue weighted by Crippen LogP contribution is 2.15. The third-order valence-electron chi connectivity index (χ3n) is 2.32. The molecule has 3 N–H and O–H groups in total. The number of halogens is 1. The van der Waals surface area contributed by atoms with E-state index in [9.17, 15) is 13.4 Å². The van der Waals surface area contributed by atoms with Gasteiger partial charge in [-0.1, -0.05) is 13.3 Å². The van der Waals surface area contributed by atoms with E-state index in [1.165, 1.54) is 12.1 Å². The first kappa shape index (κ1) is 14.6. The van der Waals surface area contributed by atoms with Gasteiger partial charge in [0.15, 0.2) is 0 Å². The van der Waals surface area contributed by atoms with Crippen LogP contribution in [0.5, 0.6) is 0 Å². The maximum atomic E-state index is 13.5. The van der Waals surface area contributed by atoms with Crippen LogP contribution in [0.4, 0.5) is 10.1 Å². The summed E-state index contributed by atoms with van der Waals surface area (Å²) >= 11 is 0. The number of carbonyl (C=O) groups is 1. The standard InChI is InChI=1S/C12H17FN2O2S/c1-2-3-6-15-12(16)8-18(17)11-5-4-9(14)7-10(11)13/h4-5,7H,2-3,6,8,14H2,1H3,(H,15,16). The molecule has 100 valence electrons. The molecule has 0 fully saturated rings. The van der Waals surface area contributed by atoms with E-state index in [2.05, 4.69) is 5.32 Å². The van der Waals surface area contributed by atoms with Gasteiger partial charge in [0, 0.05) is 12.2 Å². The molecule has 1 rings (SSSR count). The molecule has 18 heavy (non-hydrogen) atoms. The molecule has 0 aliphatic carbocycles. The van der Waals surface area contributed by atoms with Gasteiger partial charge in [0.1, 0.15) is 11.6 Å². The summed E-state index contributed by atoms with van der Waals surface area (Å²) in [6.07, 6.45) is 1.84. The van der Waals surface area contributed by atoms with Gasteiger partial charge in [-0.15, -0.1) is 0 Å². The Bertz CT molecular complexity index is 452. The van der Waals surface area contributed by atoms with Crippen molar-refractivity contribution in [1.82, 2.24) is 5.32 Å². The molecule has 0 saturated heterocycles. The van der Waals surface area contributed by atoms with Crippen LogP contribution in [0.25, 0.3) is 0 Å². The van der Waals surface area contributed by atoms with Crippen LogP contribution in [0.2, 0.25) is 0 Å². The average molecular weight is 272 g/mol. The molecule has 0 aliphatic heterocycles. The Balaban J connectivity index is 2.57. The second kappa shape index (κ2) is 7.10. The van der Waals surface area contributed by atoms with E-state index in [1.54, 1.807) is 0 Å². The van der Waals surface area contributed by atoms with Gasteiger partial charge in [0.25, 0.3) is 0 Å². The van der Waals surface area contributed by atoms with Crippen molar-refractivity contribution in [2.24, 2.45) is 0 Å². The van der Waals surface area contributed by atoms with E-state index in [0.29, 0.717) is 6.54 Å². The number of hydrogen-bond acceptors (Lipinski definition) is 3. The van der Waals surface area contributed by atoms with Gasteiger partial charge in [-0.25, -0.2) is 4.39 Å². The van der Waals surface area contributed by atoms with Crippen molar-refractivity contribution in [3.8, 4) is 0 Å². The van der Waals surface area contributed by atoms with Crippen LogP contribution in [0.15, 0.2) is 23.1 Å². The lowest BCUT2D eigenvalue weighted by Gasteiger charge is -2.06. The zero-order valence-corrected chi connectivity index (χ0v) is 11.1. The molecule has 0 aliphatic rings. The zero-order chi connectivity index (χ0) is 13.5. The first-order valence-corrected chi connectivity index (χ1v) is 7.06. The SMILES string of the molecule is CCCCNC(=O)CS(=O)c1ccc(N)cc1F. The minimum Gasteiger partial charge on any atom is -0.399 e. The number of benzene rings is 1. The summed E-state index contributed by atoms with van der Waals surface area (Å²) in [7, 11) is -1.68. The molecular weight excluding hydrogens is 255 g/mol. The van der Waals surface area contributed by atoms with Crippen molar-refractivity contribution < 1.29 is 13.4 Å². The van der Waals surface area contributed by atoms with Crippen LogP contribution in [0, 0.1) is 5.82 Å². The molecule has 4 nitrogen and oxygen atoms in total. The van der Waals surface area contributed by atoms with E-state index in [-0.39, 0.29) is 22.2 Å². The number of nitrogens with one attached hydrogen (secondary N) is 1. The first-order valence-electron chi connectivity index (χ1n) is 5.74. The summed E-state index contributed by atoms with van der Waals surface area (Å²) in [6, 6.07) is 3.91. The van der Waals surface area contributed by atoms with Crippen molar-refractivity contribution >= 4 is 22.4 Å². The van der Waals surface area contributed by atoms with Crippen LogP contribution in [0.1, 0.15) is 19.8 Å². The highest BCUT2D eigenvalue weighted by atomic mass is 32.2. The van der Waals surface area contributed by atoms with Crippen LogP contribution < -0.4 is 11.1 Å². The summed E-state index contributed by atoms with van der Waals surface area (Å²) in [5, 5.41) is 2.64. The summed E-state index contributed by atoms with van der Waals surface area (Å²) in [4.78, 5) is 11.4. The Morgan fingerprint density at radius 1 is 1.50 bits per heavy atom. The topological polar surface area (TPSA) is 72.2 Å². The highest BCUT2D eigenvalue weighted by molar-refractivity contribution is 7.85. The molecule has 0 spiro atoms. The largest absolute Gasteiger partial charge is 0.399 e. The van der Waals surface area contributed by atoms with E-state index in [4.69, 9.17) is 5.73 Å². The fraction of sp³-hybridized carbons (Fsp3) is 0.417. The third-order valence-corrected chi connectivity index (χ3v) is 3.66. The van der Waals surface area contributed by atoms with Gasteiger partial charge in [0.2, 0.25) is 5.91 Å². The Kier molecular flexibility index (Phi) is 5.77. The molecule has 1 atom stereocenters. The molecule has 6 heteroatoms. The lowest BCUT2D eigenvalue weighted by atomic mass is 10.3. The Morgan fingerprint density at radius 2 is 2.22 bits per heavy atom. The quantitative estimate of drug-likeness (QED) is 0.608. The van der Waals surface area contributed by atoms with Crippen molar-refractivity contribution in [1.29, 1.82) is 0 Å². The predicted octanol–water partition coefficient (Wildman–Crippen LogP) is 1.43. The van der Waals surface area contributed by atoms with Crippen LogP contribution in [-0.2, 0) is 15.6 Å². The van der Waals surface area contributed by atoms with Gasteiger partial charge in [-0.2, -0.15) is 0 Å². The molecule has 0 bridgehead atoms. The van der Waals surface area contributed by atoms with Crippen LogP contribution >= 0.6 is 0 Å². The summed E-state index contributed by atoms with van der Waals surface area (Å²) in [5.74, 6) is -1.21. The molecule has 0 heterocycles. The maximum Gasteiger partial charge on any atom is 0.233 e. The van der Waals surface area contributed by atoms with Gasteiger partial charge in [0.05, 0.1) is 15.7 Å². The molecular formula is C12H17FN2O2S. The highest BCUT2D eigenvalue weighted by Gasteiger charge is 2.14. The Labute approximate surface area is 108 Å². The molecule has 1 unspecified atom stereocenters. The zero-order valence-electron chi connectivity index (χ0n) is 10.2. The van der Waals surface area contributed by atoms with Gasteiger partial charge >= 0.3 is 0 Å². The summed E-state index contributed by atoms with van der Waals surface area (Å²) < 4.78 is 25.2. The molecule has 0 aromatic heterocycles. The molecule has 1 aromatic carbocycles. The Hall–Kier alpha value is -1.43. The molecule has 0 saturated carbocycles. The number of nitrogen functional groups attached to an aromatic ring is 1. The second-order valence-corrected chi connectivity index (χ2v) is 5.30. The number of carbonyl (C=O) groups excluding carboxylic acids is 1. The van der Waals surface area contributed by atoms with Gasteiger partial charge < -0.3 is 11.1 Å². The predicted molar refractivity (Wildman–Crippen MR) is 70.0 cm³/mol. The van der Waals surface area contributed by atoms with E-state index >= 15 is 0 Å². The normalized spacial score (nSPS) is 12.1. The molecule has 1 amide bonds. The van der Waals surface area contributed by atoms with E-state index in [0.717, 1.165) is 18.9 Å². The molecule has 0 radical (unpaired) electrons. The van der Waals surface area contributed by atoms with Crippen molar-refractivity contribution in [2.45, 2.75) is 24.7 Å². The summed E-state index contributed by atoms with van der Waals surface area (Å²) in [6.45, 7) is 2.56. The third kappa shape index (κ3) is 4.44. The number of anilines is 1. The number of amides is 1. The minimum absolute atomic E-state index is 0.00911. The number of rotatable bonds is 6. The molecule has 1 aromatic rings. The minimum atomic E-state index is -1.68. The van der Waals surface area contributed by atoms with Crippen LogP contribution in [-0.4, -0.2) is 22.4 Å². The van der Waals surface area contributed by atoms with Crippen molar-refractivity contribution in [3.63, 3.8) is 0 Å². The fourth-order valence-corrected chi connectivity index (χ4v) is 2.35. The second-order valence-electron chi connectivity index (χ2n) is 3.88. The lowest BCUT2D eigenvalue weighted by Crippen LogP contribution is -2.29. The first-order chi connectivity index (χ1) is 8.54. The lowest BCUT2D eigenvalue weighted by molar-refractivity contribution is -0.118. The van der Waals surface area contributed by atoms with Gasteiger partial charge in [-0.3, -0.25) is 9.00 Å². The van der Waals surface area contributed by atoms with Crippen molar-refractivity contribution in [2.75, 3.05) is 18.0 Å². The van der Waals surface area contributed by atoms with Gasteiger partial charge in [-0.05, 0) is 24.6 Å². The smallest absolute Gasteiger partial charge is 0.233 e. The monoisotopic (exact) mass is 272 g/mol. The van der Waals surface area contributed by atoms with Crippen LogP contribution in [0.3, 0.4) is 0 Å². The number of unbranched alkanes of at least 4 members (excludes halogenated alkanes) is 1. The number of hydrogen-bond donors (Lipinski definition) is 2. The van der Waals surface area contributed by atoms with E-state index < -0.39 is 16.6 Å². The van der Waals surface area contributed by atoms with E-state index in [1.807, 2.05) is 6.92 Å². The maximum absolute atomic E-state index is 13.5.